The minimum Gasteiger partial charge on any atom is -0.346 e. The van der Waals surface area contributed by atoms with Gasteiger partial charge in [0, 0.05) is 50.1 Å². The fraction of sp³-hybridized carbons (Fsp3) is 0.160. The summed E-state index contributed by atoms with van der Waals surface area (Å²) in [6, 6.07) is 16.9. The highest BCUT2D eigenvalue weighted by atomic mass is 35.5. The van der Waals surface area contributed by atoms with Crippen molar-refractivity contribution >= 4 is 40.6 Å². The molecule has 5 nitrogen and oxygen atoms in total. The first kappa shape index (κ1) is 21.9. The third-order valence-electron chi connectivity index (χ3n) is 5.55. The van der Waals surface area contributed by atoms with Crippen molar-refractivity contribution in [3.63, 3.8) is 0 Å². The van der Waals surface area contributed by atoms with Gasteiger partial charge >= 0.3 is 0 Å². The first-order chi connectivity index (χ1) is 16.0. The number of pyridine rings is 2. The Balaban J connectivity index is 1.64. The van der Waals surface area contributed by atoms with Crippen LogP contribution in [0.5, 0.6) is 0 Å². The van der Waals surface area contributed by atoms with Crippen LogP contribution in [-0.4, -0.2) is 15.5 Å². The number of carbonyl (C=O) groups excluding carboxylic acids is 1. The molecule has 0 saturated carbocycles. The fourth-order valence-electron chi connectivity index (χ4n) is 4.10. The second-order valence-corrected chi connectivity index (χ2v) is 10.4. The average Bonchev–Trinajstić information content (AvgIpc) is 3.28. The number of carbonyl (C=O) groups is 1. The van der Waals surface area contributed by atoms with E-state index in [-0.39, 0.29) is 28.7 Å². The van der Waals surface area contributed by atoms with E-state index in [2.05, 4.69) is 16.4 Å². The van der Waals surface area contributed by atoms with Crippen molar-refractivity contribution in [1.29, 1.82) is 0 Å². The van der Waals surface area contributed by atoms with E-state index in [1.165, 1.54) is 10.9 Å². The number of rotatable bonds is 4. The highest BCUT2D eigenvalue weighted by Crippen LogP contribution is 2.46. The Morgan fingerprint density at radius 1 is 1.21 bits per heavy atom. The van der Waals surface area contributed by atoms with Gasteiger partial charge in [-0.1, -0.05) is 23.7 Å². The quantitative estimate of drug-likeness (QED) is 0.403. The Bertz CT molecular complexity index is 1390. The van der Waals surface area contributed by atoms with Crippen LogP contribution in [-0.2, 0) is 13.0 Å². The van der Waals surface area contributed by atoms with Crippen molar-refractivity contribution in [3.05, 3.63) is 109 Å². The van der Waals surface area contributed by atoms with Gasteiger partial charge in [0.15, 0.2) is 5.43 Å². The third kappa shape index (κ3) is 4.36. The molecule has 1 unspecified atom stereocenters. The number of fused-ring (bicyclic) bond motifs is 3. The summed E-state index contributed by atoms with van der Waals surface area (Å²) in [7, 11) is 0. The van der Waals surface area contributed by atoms with Crippen LogP contribution in [0.15, 0.2) is 75.9 Å². The summed E-state index contributed by atoms with van der Waals surface area (Å²) in [5.41, 5.74) is 3.06. The minimum atomic E-state index is -0.387. The minimum absolute atomic E-state index is 0.0551. The van der Waals surface area contributed by atoms with Gasteiger partial charge in [-0.25, -0.2) is 0 Å². The first-order valence-electron chi connectivity index (χ1n) is 10.4. The topological polar surface area (TPSA) is 64.0 Å². The average molecular weight is 494 g/mol. The molecule has 33 heavy (non-hydrogen) atoms. The summed E-state index contributed by atoms with van der Waals surface area (Å²) in [5.74, 6) is -0.387. The lowest BCUT2D eigenvalue weighted by Crippen LogP contribution is -2.32. The van der Waals surface area contributed by atoms with E-state index >= 15 is 0 Å². The highest BCUT2D eigenvalue weighted by Gasteiger charge is 2.29. The third-order valence-corrected chi connectivity index (χ3v) is 8.21. The molecule has 1 aliphatic heterocycles. The molecule has 1 atom stereocenters. The van der Waals surface area contributed by atoms with Gasteiger partial charge in [-0.05, 0) is 48.7 Å². The second-order valence-electron chi connectivity index (χ2n) is 7.75. The zero-order valence-corrected chi connectivity index (χ0v) is 20.1. The van der Waals surface area contributed by atoms with Crippen LogP contribution in [0.3, 0.4) is 0 Å². The molecule has 3 aromatic heterocycles. The maximum atomic E-state index is 13.3. The normalized spacial score (nSPS) is 14.8. The van der Waals surface area contributed by atoms with Crippen LogP contribution >= 0.6 is 34.7 Å². The lowest BCUT2D eigenvalue weighted by Gasteiger charge is -2.20. The molecule has 8 heteroatoms. The van der Waals surface area contributed by atoms with Crippen molar-refractivity contribution < 1.29 is 4.79 Å². The van der Waals surface area contributed by atoms with Gasteiger partial charge in [-0.15, -0.1) is 23.1 Å². The predicted octanol–water partition coefficient (Wildman–Crippen LogP) is 5.58. The standard InChI is InChI=1S/C25H20ClN3O2S2/c1-15-11-20(30)24(25(31)28-14-17-5-2-3-9-27-17)19-13-23(21-6-4-10-32-21)33-22-12-16(26)7-8-18(22)29(15)19/h2-12,23H,13-14H2,1H3,(H,28,31). The van der Waals surface area contributed by atoms with Gasteiger partial charge < -0.3 is 9.88 Å². The predicted molar refractivity (Wildman–Crippen MR) is 134 cm³/mol. The number of hydrogen-bond donors (Lipinski definition) is 1. The Morgan fingerprint density at radius 3 is 2.85 bits per heavy atom. The van der Waals surface area contributed by atoms with E-state index in [9.17, 15) is 9.59 Å². The molecule has 0 aliphatic carbocycles. The lowest BCUT2D eigenvalue weighted by molar-refractivity contribution is 0.0947. The zero-order chi connectivity index (χ0) is 22.9. The molecule has 1 N–H and O–H groups in total. The number of aromatic nitrogens is 2. The Labute approximate surface area is 204 Å². The molecule has 0 fully saturated rings. The summed E-state index contributed by atoms with van der Waals surface area (Å²) in [4.78, 5) is 32.9. The number of nitrogens with one attached hydrogen (secondary N) is 1. The van der Waals surface area contributed by atoms with Gasteiger partial charge in [-0.2, -0.15) is 0 Å². The Morgan fingerprint density at radius 2 is 2.09 bits per heavy atom. The number of thioether (sulfide) groups is 1. The molecule has 1 amide bonds. The van der Waals surface area contributed by atoms with Gasteiger partial charge in [0.25, 0.3) is 5.91 Å². The molecule has 0 radical (unpaired) electrons. The van der Waals surface area contributed by atoms with Crippen LogP contribution in [0.25, 0.3) is 5.69 Å². The monoisotopic (exact) mass is 493 g/mol. The first-order valence-corrected chi connectivity index (χ1v) is 12.6. The van der Waals surface area contributed by atoms with Gasteiger partial charge in [-0.3, -0.25) is 14.6 Å². The fourth-order valence-corrected chi connectivity index (χ4v) is 6.57. The number of halogens is 1. The van der Waals surface area contributed by atoms with Gasteiger partial charge in [0.1, 0.15) is 5.56 Å². The van der Waals surface area contributed by atoms with E-state index in [4.69, 9.17) is 11.6 Å². The van der Waals surface area contributed by atoms with E-state index < -0.39 is 0 Å². The second kappa shape index (κ2) is 9.17. The molecule has 0 spiro atoms. The molecule has 5 rings (SSSR count). The summed E-state index contributed by atoms with van der Waals surface area (Å²) in [5, 5.41) is 5.64. The van der Waals surface area contributed by atoms with Crippen LogP contribution in [0, 0.1) is 6.92 Å². The van der Waals surface area contributed by atoms with Gasteiger partial charge in [0.05, 0.1) is 17.9 Å². The number of amides is 1. The number of nitrogens with zero attached hydrogens (tertiary/aromatic N) is 2. The molecular weight excluding hydrogens is 474 g/mol. The largest absolute Gasteiger partial charge is 0.346 e. The molecule has 0 saturated heterocycles. The number of hydrogen-bond acceptors (Lipinski definition) is 5. The van der Waals surface area contributed by atoms with Crippen molar-refractivity contribution in [2.75, 3.05) is 0 Å². The van der Waals surface area contributed by atoms with E-state index in [0.717, 1.165) is 22.0 Å². The SMILES string of the molecule is Cc1cc(=O)c(C(=O)NCc2ccccn2)c2n1-c1ccc(Cl)cc1SC(c1cccs1)C2. The van der Waals surface area contributed by atoms with Crippen LogP contribution < -0.4 is 10.7 Å². The number of aryl methyl sites for hydroxylation is 1. The molecule has 4 heterocycles. The number of benzene rings is 1. The smallest absolute Gasteiger partial charge is 0.257 e. The summed E-state index contributed by atoms with van der Waals surface area (Å²) < 4.78 is 2.03. The van der Waals surface area contributed by atoms with Crippen LogP contribution in [0.4, 0.5) is 0 Å². The maximum absolute atomic E-state index is 13.3. The van der Waals surface area contributed by atoms with E-state index in [0.29, 0.717) is 17.1 Å². The zero-order valence-electron chi connectivity index (χ0n) is 17.7. The van der Waals surface area contributed by atoms with E-state index in [1.807, 2.05) is 59.3 Å². The van der Waals surface area contributed by atoms with Crippen molar-refractivity contribution in [1.82, 2.24) is 14.9 Å². The number of thiophene rings is 1. The van der Waals surface area contributed by atoms with Gasteiger partial charge in [0.2, 0.25) is 0 Å². The van der Waals surface area contributed by atoms with Crippen LogP contribution in [0.2, 0.25) is 5.02 Å². The van der Waals surface area contributed by atoms with Crippen molar-refractivity contribution in [2.45, 2.75) is 30.0 Å². The molecule has 1 aromatic carbocycles. The molecule has 4 aromatic rings. The molecule has 166 valence electrons. The van der Waals surface area contributed by atoms with Crippen molar-refractivity contribution in [2.24, 2.45) is 0 Å². The molecule has 0 bridgehead atoms. The summed E-state index contributed by atoms with van der Waals surface area (Å²) >= 11 is 9.72. The van der Waals surface area contributed by atoms with Crippen molar-refractivity contribution in [3.8, 4) is 5.69 Å². The van der Waals surface area contributed by atoms with E-state index in [1.54, 1.807) is 29.3 Å². The maximum Gasteiger partial charge on any atom is 0.257 e. The molecular formula is C25H20ClN3O2S2. The lowest BCUT2D eigenvalue weighted by atomic mass is 10.0. The summed E-state index contributed by atoms with van der Waals surface area (Å²) in [6.07, 6.45) is 2.22. The Kier molecular flexibility index (Phi) is 6.10. The summed E-state index contributed by atoms with van der Waals surface area (Å²) in [6.45, 7) is 2.15. The Hall–Kier alpha value is -2.87. The van der Waals surface area contributed by atoms with Crippen LogP contribution in [0.1, 0.15) is 37.6 Å². The highest BCUT2D eigenvalue weighted by molar-refractivity contribution is 7.99. The molecule has 1 aliphatic rings.